The highest BCUT2D eigenvalue weighted by atomic mass is 32.2. The predicted molar refractivity (Wildman–Crippen MR) is 148 cm³/mol. The molecule has 0 bridgehead atoms. The number of likely N-dealkylation sites (tertiary alicyclic amines) is 1. The summed E-state index contributed by atoms with van der Waals surface area (Å²) in [7, 11) is -8.41. The Morgan fingerprint density at radius 1 is 1.20 bits per heavy atom. The van der Waals surface area contributed by atoms with Crippen LogP contribution in [0.15, 0.2) is 24.3 Å². The van der Waals surface area contributed by atoms with Crippen LogP contribution < -0.4 is 5.32 Å². The molecule has 1 aromatic heterocycles. The summed E-state index contributed by atoms with van der Waals surface area (Å²) in [5.74, 6) is -0.882. The van der Waals surface area contributed by atoms with E-state index in [1.807, 2.05) is 0 Å². The number of nitrogens with zero attached hydrogens (tertiary/aromatic N) is 2. The van der Waals surface area contributed by atoms with Crippen LogP contribution in [0.2, 0.25) is 0 Å². The quantitative estimate of drug-likeness (QED) is 0.341. The van der Waals surface area contributed by atoms with Crippen molar-refractivity contribution in [3.05, 3.63) is 34.7 Å². The van der Waals surface area contributed by atoms with Crippen molar-refractivity contribution in [1.29, 1.82) is 4.78 Å². The zero-order valence-electron chi connectivity index (χ0n) is 22.1. The molecule has 11 nitrogen and oxygen atoms in total. The molecule has 3 fully saturated rings. The molecule has 4 N–H and O–H groups in total. The van der Waals surface area contributed by atoms with E-state index >= 15 is 0 Å². The zero-order valence-corrected chi connectivity index (χ0v) is 24.7. The van der Waals surface area contributed by atoms with Crippen LogP contribution in [-0.2, 0) is 29.5 Å². The van der Waals surface area contributed by atoms with Gasteiger partial charge in [-0.2, -0.15) is 8.78 Å². The smallest absolute Gasteiger partial charge is 0.340 e. The fourth-order valence-electron chi connectivity index (χ4n) is 5.99. The van der Waals surface area contributed by atoms with Gasteiger partial charge in [-0.05, 0) is 55.7 Å². The molecular weight excluding hydrogens is 601 g/mol. The summed E-state index contributed by atoms with van der Waals surface area (Å²) in [4.78, 5) is 61.5. The lowest BCUT2D eigenvalue weighted by Gasteiger charge is -2.42. The van der Waals surface area contributed by atoms with Gasteiger partial charge in [0.25, 0.3) is 5.91 Å². The van der Waals surface area contributed by atoms with Crippen LogP contribution in [0, 0.1) is 10.7 Å². The van der Waals surface area contributed by atoms with Gasteiger partial charge in [0, 0.05) is 57.1 Å². The second-order valence-corrected chi connectivity index (χ2v) is 16.3. The predicted octanol–water partition coefficient (Wildman–Crippen LogP) is 2.91. The molecule has 2 unspecified atom stereocenters. The van der Waals surface area contributed by atoms with E-state index in [0.29, 0.717) is 49.9 Å². The molecular formula is C25H31F2N4O7PS2. The minimum atomic E-state index is -5.75. The summed E-state index contributed by atoms with van der Waals surface area (Å²) in [6.07, 6.45) is 4.30. The van der Waals surface area contributed by atoms with Crippen LogP contribution in [-0.4, -0.2) is 84.7 Å². The number of carbonyl (C=O) groups is 3. The number of nitrogens with one attached hydrogen (secondary N) is 2. The Balaban J connectivity index is 1.28. The Morgan fingerprint density at radius 3 is 2.56 bits per heavy atom. The van der Waals surface area contributed by atoms with E-state index in [-0.39, 0.29) is 39.8 Å². The molecule has 0 aliphatic carbocycles. The lowest BCUT2D eigenvalue weighted by molar-refractivity contribution is -0.149. The SMILES string of the molecule is CS(=N)(=O)CC1CN(C(=O)[C@@H]2CC[C@@H]3CCCC(NC(=O)c4cc5cc(C(F)(F)P(=O)(O)O)ccc5s4)C(=O)N32)C1. The van der Waals surface area contributed by atoms with Crippen LogP contribution in [0.1, 0.15) is 47.3 Å². The average molecular weight is 633 g/mol. The number of alkyl halides is 2. The van der Waals surface area contributed by atoms with E-state index in [1.54, 1.807) is 9.80 Å². The first kappa shape index (κ1) is 30.0. The maximum absolute atomic E-state index is 14.2. The van der Waals surface area contributed by atoms with E-state index in [2.05, 4.69) is 5.32 Å². The normalized spacial score (nSPS) is 25.4. The van der Waals surface area contributed by atoms with Crippen molar-refractivity contribution in [3.63, 3.8) is 0 Å². The molecule has 5 rings (SSSR count). The first-order valence-corrected chi connectivity index (χ1v) is 17.7. The lowest BCUT2D eigenvalue weighted by atomic mass is 10.00. The molecule has 16 heteroatoms. The highest BCUT2D eigenvalue weighted by Gasteiger charge is 2.50. The number of halogens is 2. The van der Waals surface area contributed by atoms with Crippen LogP contribution in [0.25, 0.3) is 10.1 Å². The largest absolute Gasteiger partial charge is 0.399 e. The van der Waals surface area contributed by atoms with Crippen molar-refractivity contribution in [3.8, 4) is 0 Å². The van der Waals surface area contributed by atoms with Gasteiger partial charge >= 0.3 is 13.3 Å². The first-order chi connectivity index (χ1) is 19.0. The third kappa shape index (κ3) is 5.92. The summed E-state index contributed by atoms with van der Waals surface area (Å²) in [5.41, 5.74) is -5.25. The van der Waals surface area contributed by atoms with Crippen molar-refractivity contribution in [2.75, 3.05) is 25.1 Å². The van der Waals surface area contributed by atoms with E-state index in [0.717, 1.165) is 23.5 Å². The Kier molecular flexibility index (Phi) is 7.82. The summed E-state index contributed by atoms with van der Waals surface area (Å²) in [6, 6.07) is 2.81. The number of rotatable bonds is 7. The van der Waals surface area contributed by atoms with Gasteiger partial charge in [-0.3, -0.25) is 27.9 Å². The Hall–Kier alpha value is -2.45. The van der Waals surface area contributed by atoms with Crippen molar-refractivity contribution in [1.82, 2.24) is 15.1 Å². The molecule has 3 amide bonds. The summed E-state index contributed by atoms with van der Waals surface area (Å²) < 4.78 is 59.5. The Bertz CT molecular complexity index is 1550. The third-order valence-corrected chi connectivity index (χ3v) is 11.2. The van der Waals surface area contributed by atoms with E-state index < -0.39 is 46.5 Å². The fourth-order valence-corrected chi connectivity index (χ4v) is 8.52. The van der Waals surface area contributed by atoms with Crippen LogP contribution in [0.3, 0.4) is 0 Å². The maximum Gasteiger partial charge on any atom is 0.399 e. The van der Waals surface area contributed by atoms with Gasteiger partial charge < -0.3 is 24.9 Å². The van der Waals surface area contributed by atoms with Gasteiger partial charge in [-0.25, -0.2) is 0 Å². The third-order valence-electron chi connectivity index (χ3n) is 7.95. The molecule has 3 aliphatic rings. The van der Waals surface area contributed by atoms with Crippen molar-refractivity contribution in [2.45, 2.75) is 55.9 Å². The number of fused-ring (bicyclic) bond motifs is 2. The highest BCUT2D eigenvalue weighted by Crippen LogP contribution is 2.59. The van der Waals surface area contributed by atoms with Crippen molar-refractivity contribution >= 4 is 56.5 Å². The fraction of sp³-hybridized carbons (Fsp3) is 0.560. The van der Waals surface area contributed by atoms with Gasteiger partial charge in [0.15, 0.2) is 0 Å². The summed E-state index contributed by atoms with van der Waals surface area (Å²) in [6.45, 7) is 0.805. The van der Waals surface area contributed by atoms with Gasteiger partial charge in [-0.1, -0.05) is 6.07 Å². The molecule has 224 valence electrons. The molecule has 0 radical (unpaired) electrons. The maximum atomic E-state index is 14.2. The first-order valence-electron chi connectivity index (χ1n) is 13.2. The second kappa shape index (κ2) is 10.7. The highest BCUT2D eigenvalue weighted by molar-refractivity contribution is 7.91. The molecule has 0 saturated carbocycles. The van der Waals surface area contributed by atoms with Gasteiger partial charge in [-0.15, -0.1) is 11.3 Å². The number of thiophene rings is 1. The number of carbonyl (C=O) groups excluding carboxylic acids is 3. The van der Waals surface area contributed by atoms with Crippen LogP contribution in [0.4, 0.5) is 8.78 Å². The molecule has 41 heavy (non-hydrogen) atoms. The molecule has 4 atom stereocenters. The molecule has 1 aromatic carbocycles. The van der Waals surface area contributed by atoms with Gasteiger partial charge in [0.1, 0.15) is 12.1 Å². The standard InChI is InChI=1S/C25H31F2N4O7PS2/c1-41(28,38)13-14-11-30(12-14)24(34)19-7-6-17-3-2-4-18(23(33)31(17)19)29-22(32)21-10-15-9-16(5-8-20(15)40-21)25(26,27)39(35,36)37/h5,8-10,14,17-19,28H,2-4,6-7,11-13H2,1H3,(H,29,32)(H2,35,36,37)/t17-,18?,19-,41?/m0/s1. The average Bonchev–Trinajstić information content (AvgIpc) is 3.43. The monoisotopic (exact) mass is 632 g/mol. The molecule has 3 saturated heterocycles. The Morgan fingerprint density at radius 2 is 1.90 bits per heavy atom. The number of hydrogen-bond donors (Lipinski definition) is 4. The van der Waals surface area contributed by atoms with Gasteiger partial charge in [0.2, 0.25) is 11.8 Å². The minimum Gasteiger partial charge on any atom is -0.340 e. The topological polar surface area (TPSA) is 168 Å². The van der Waals surface area contributed by atoms with Crippen molar-refractivity contribution in [2.24, 2.45) is 5.92 Å². The summed E-state index contributed by atoms with van der Waals surface area (Å²) in [5, 5.41) is 2.96. The second-order valence-electron chi connectivity index (χ2n) is 11.2. The molecule has 2 aromatic rings. The zero-order chi connectivity index (χ0) is 29.9. The van der Waals surface area contributed by atoms with E-state index in [4.69, 9.17) is 14.6 Å². The number of hydrogen-bond acceptors (Lipinski definition) is 7. The van der Waals surface area contributed by atoms with Crippen LogP contribution >= 0.6 is 18.9 Å². The summed E-state index contributed by atoms with van der Waals surface area (Å²) >= 11 is 1.000. The van der Waals surface area contributed by atoms with E-state index in [9.17, 15) is 31.9 Å². The van der Waals surface area contributed by atoms with E-state index in [1.165, 1.54) is 18.4 Å². The number of amides is 3. The van der Waals surface area contributed by atoms with Crippen LogP contribution in [0.5, 0.6) is 0 Å². The molecule has 3 aliphatic heterocycles. The number of benzene rings is 1. The molecule has 0 spiro atoms. The van der Waals surface area contributed by atoms with Crippen molar-refractivity contribution < 1.29 is 41.7 Å². The minimum absolute atomic E-state index is 0.00146. The lowest BCUT2D eigenvalue weighted by Crippen LogP contribution is -2.60. The molecule has 4 heterocycles. The van der Waals surface area contributed by atoms with Gasteiger partial charge in [0.05, 0.1) is 4.88 Å². The Labute approximate surface area is 239 Å².